The van der Waals surface area contributed by atoms with Gasteiger partial charge in [0.1, 0.15) is 5.75 Å². The van der Waals surface area contributed by atoms with Crippen molar-refractivity contribution in [3.63, 3.8) is 0 Å². The standard InChI is InChI=1S/C25H30N2O3S/c1-5-31-12-11-26-24(29)18-8-6-7-17(13-18)23(28)15-22-21-14-20(30-4)10-9-19(21)16-25(2,3)27-22/h6-10,13-15,27H,5,11-12,16H2,1-4H3,(H,26,29). The average molecular weight is 439 g/mol. The lowest BCUT2D eigenvalue weighted by molar-refractivity contribution is 0.0956. The largest absolute Gasteiger partial charge is 0.497 e. The SMILES string of the molecule is CCSCCNC(=O)c1cccc(C(=O)C=C2NC(C)(C)Cc3ccc(OC)cc32)c1. The number of amides is 1. The Morgan fingerprint density at radius 3 is 2.71 bits per heavy atom. The Bertz CT molecular complexity index is 998. The predicted molar refractivity (Wildman–Crippen MR) is 128 cm³/mol. The third-order valence-electron chi connectivity index (χ3n) is 5.13. The van der Waals surface area contributed by atoms with Crippen LogP contribution in [0, 0.1) is 0 Å². The number of carbonyl (C=O) groups is 2. The molecule has 0 fully saturated rings. The number of ketones is 1. The molecule has 3 rings (SSSR count). The number of hydrogen-bond donors (Lipinski definition) is 2. The number of fused-ring (bicyclic) bond motifs is 1. The van der Waals surface area contributed by atoms with Crippen molar-refractivity contribution in [1.29, 1.82) is 0 Å². The summed E-state index contributed by atoms with van der Waals surface area (Å²) in [6.45, 7) is 6.92. The summed E-state index contributed by atoms with van der Waals surface area (Å²) in [5, 5.41) is 6.39. The van der Waals surface area contributed by atoms with Gasteiger partial charge in [0.05, 0.1) is 7.11 Å². The number of carbonyl (C=O) groups excluding carboxylic acids is 2. The van der Waals surface area contributed by atoms with E-state index in [1.165, 1.54) is 5.56 Å². The minimum Gasteiger partial charge on any atom is -0.497 e. The number of methoxy groups -OCH3 is 1. The summed E-state index contributed by atoms with van der Waals surface area (Å²) in [6, 6.07) is 12.8. The molecule has 0 saturated heterocycles. The number of rotatable bonds is 8. The van der Waals surface area contributed by atoms with Crippen LogP contribution in [-0.2, 0) is 6.42 Å². The fourth-order valence-electron chi connectivity index (χ4n) is 3.66. The summed E-state index contributed by atoms with van der Waals surface area (Å²) in [7, 11) is 1.63. The molecule has 0 spiro atoms. The van der Waals surface area contributed by atoms with Crippen molar-refractivity contribution in [1.82, 2.24) is 10.6 Å². The van der Waals surface area contributed by atoms with E-state index >= 15 is 0 Å². The maximum absolute atomic E-state index is 13.1. The van der Waals surface area contributed by atoms with Crippen molar-refractivity contribution in [2.45, 2.75) is 32.7 Å². The number of thioether (sulfide) groups is 1. The molecule has 0 bridgehead atoms. The molecule has 0 saturated carbocycles. The van der Waals surface area contributed by atoms with Crippen LogP contribution in [0.1, 0.15) is 52.6 Å². The van der Waals surface area contributed by atoms with Gasteiger partial charge in [-0.25, -0.2) is 0 Å². The van der Waals surface area contributed by atoms with Crippen molar-refractivity contribution >= 4 is 29.1 Å². The molecular weight excluding hydrogens is 408 g/mol. The zero-order valence-corrected chi connectivity index (χ0v) is 19.4. The molecule has 1 amide bonds. The number of allylic oxidation sites excluding steroid dienone is 1. The molecule has 1 aliphatic rings. The molecule has 2 N–H and O–H groups in total. The van der Waals surface area contributed by atoms with Gasteiger partial charge >= 0.3 is 0 Å². The zero-order valence-electron chi connectivity index (χ0n) is 18.6. The highest BCUT2D eigenvalue weighted by molar-refractivity contribution is 7.99. The first-order valence-corrected chi connectivity index (χ1v) is 11.7. The molecule has 0 atom stereocenters. The van der Waals surface area contributed by atoms with Gasteiger partial charge in [0.25, 0.3) is 5.91 Å². The molecule has 0 aromatic heterocycles. The lowest BCUT2D eigenvalue weighted by Crippen LogP contribution is -2.43. The van der Waals surface area contributed by atoms with E-state index in [4.69, 9.17) is 4.74 Å². The van der Waals surface area contributed by atoms with Crippen molar-refractivity contribution in [2.24, 2.45) is 0 Å². The lowest BCUT2D eigenvalue weighted by Gasteiger charge is -2.35. The van der Waals surface area contributed by atoms with Crippen molar-refractivity contribution in [2.75, 3.05) is 25.2 Å². The van der Waals surface area contributed by atoms with Gasteiger partial charge in [0.15, 0.2) is 5.78 Å². The Morgan fingerprint density at radius 2 is 1.97 bits per heavy atom. The maximum Gasteiger partial charge on any atom is 0.251 e. The first-order valence-electron chi connectivity index (χ1n) is 10.5. The summed E-state index contributed by atoms with van der Waals surface area (Å²) < 4.78 is 5.37. The molecule has 5 nitrogen and oxygen atoms in total. The van der Waals surface area contributed by atoms with Crippen molar-refractivity contribution < 1.29 is 14.3 Å². The topological polar surface area (TPSA) is 67.4 Å². The van der Waals surface area contributed by atoms with Gasteiger partial charge in [-0.05, 0) is 55.9 Å². The normalized spacial score (nSPS) is 15.7. The average Bonchev–Trinajstić information content (AvgIpc) is 2.75. The van der Waals surface area contributed by atoms with Crippen molar-refractivity contribution in [3.05, 3.63) is 70.8 Å². The van der Waals surface area contributed by atoms with Gasteiger partial charge in [-0.15, -0.1) is 0 Å². The van der Waals surface area contributed by atoms with Crippen LogP contribution in [0.2, 0.25) is 0 Å². The monoisotopic (exact) mass is 438 g/mol. The van der Waals surface area contributed by atoms with E-state index in [0.29, 0.717) is 17.7 Å². The third kappa shape index (κ3) is 5.91. The first kappa shape index (κ1) is 22.9. The Kier molecular flexibility index (Phi) is 7.44. The fraction of sp³-hybridized carbons (Fsp3) is 0.360. The fourth-order valence-corrected chi connectivity index (χ4v) is 4.20. The Hall–Kier alpha value is -2.73. The summed E-state index contributed by atoms with van der Waals surface area (Å²) in [6.07, 6.45) is 2.47. The van der Waals surface area contributed by atoms with Gasteiger partial charge in [0.2, 0.25) is 0 Å². The van der Waals surface area contributed by atoms with Crippen LogP contribution in [0.4, 0.5) is 0 Å². The van der Waals surface area contributed by atoms with E-state index < -0.39 is 0 Å². The van der Waals surface area contributed by atoms with Crippen LogP contribution in [0.5, 0.6) is 5.75 Å². The molecule has 2 aromatic rings. The molecule has 0 aliphatic carbocycles. The summed E-state index contributed by atoms with van der Waals surface area (Å²) in [5.41, 5.74) is 3.70. The van der Waals surface area contributed by atoms with Gasteiger partial charge in [0, 0.05) is 46.3 Å². The van der Waals surface area contributed by atoms with Crippen LogP contribution in [-0.4, -0.2) is 42.4 Å². The highest BCUT2D eigenvalue weighted by Crippen LogP contribution is 2.32. The van der Waals surface area contributed by atoms with E-state index in [9.17, 15) is 9.59 Å². The highest BCUT2D eigenvalue weighted by atomic mass is 32.2. The molecular formula is C25H30N2O3S. The number of nitrogens with one attached hydrogen (secondary N) is 2. The van der Waals surface area contributed by atoms with Gasteiger partial charge in [-0.2, -0.15) is 11.8 Å². The molecule has 6 heteroatoms. The molecule has 1 heterocycles. The third-order valence-corrected chi connectivity index (χ3v) is 6.03. The number of hydrogen-bond acceptors (Lipinski definition) is 5. The molecule has 2 aromatic carbocycles. The maximum atomic E-state index is 13.1. The van der Waals surface area contributed by atoms with Gasteiger partial charge in [-0.1, -0.05) is 25.1 Å². The second-order valence-corrected chi connectivity index (χ2v) is 9.56. The van der Waals surface area contributed by atoms with E-state index in [2.05, 4.69) is 37.5 Å². The molecule has 164 valence electrons. The summed E-state index contributed by atoms with van der Waals surface area (Å²) in [5.74, 6) is 2.33. The van der Waals surface area contributed by atoms with E-state index in [0.717, 1.165) is 34.9 Å². The van der Waals surface area contributed by atoms with E-state index in [1.54, 1.807) is 49.2 Å². The summed E-state index contributed by atoms with van der Waals surface area (Å²) >= 11 is 1.78. The lowest BCUT2D eigenvalue weighted by atomic mass is 9.85. The Balaban J connectivity index is 1.84. The highest BCUT2D eigenvalue weighted by Gasteiger charge is 2.28. The van der Waals surface area contributed by atoms with E-state index in [1.807, 2.05) is 12.1 Å². The Labute approximate surface area is 188 Å². The van der Waals surface area contributed by atoms with E-state index in [-0.39, 0.29) is 17.2 Å². The minimum atomic E-state index is -0.175. The Morgan fingerprint density at radius 1 is 1.19 bits per heavy atom. The minimum absolute atomic E-state index is 0.148. The van der Waals surface area contributed by atoms with Crippen LogP contribution in [0.25, 0.3) is 5.70 Å². The van der Waals surface area contributed by atoms with Crippen LogP contribution >= 0.6 is 11.8 Å². The quantitative estimate of drug-likeness (QED) is 0.365. The van der Waals surface area contributed by atoms with Crippen LogP contribution in [0.3, 0.4) is 0 Å². The summed E-state index contributed by atoms with van der Waals surface area (Å²) in [4.78, 5) is 25.5. The molecule has 0 unspecified atom stereocenters. The van der Waals surface area contributed by atoms with Crippen molar-refractivity contribution in [3.8, 4) is 5.75 Å². The number of benzene rings is 2. The molecule has 1 aliphatic heterocycles. The molecule has 31 heavy (non-hydrogen) atoms. The second kappa shape index (κ2) is 10.1. The first-order chi connectivity index (χ1) is 14.8. The smallest absolute Gasteiger partial charge is 0.251 e. The number of ether oxygens (including phenoxy) is 1. The predicted octanol–water partition coefficient (Wildman–Crippen LogP) is 4.33. The van der Waals surface area contributed by atoms with Crippen LogP contribution < -0.4 is 15.4 Å². The zero-order chi connectivity index (χ0) is 22.4. The van der Waals surface area contributed by atoms with Crippen LogP contribution in [0.15, 0.2) is 48.5 Å². The molecule has 0 radical (unpaired) electrons. The van der Waals surface area contributed by atoms with Gasteiger partial charge in [-0.3, -0.25) is 9.59 Å². The van der Waals surface area contributed by atoms with Gasteiger partial charge < -0.3 is 15.4 Å². The second-order valence-electron chi connectivity index (χ2n) is 8.16.